The molecule has 0 unspecified atom stereocenters. The first-order chi connectivity index (χ1) is 6.79. The van der Waals surface area contributed by atoms with Crippen LogP contribution in [0.2, 0.25) is 0 Å². The molecule has 0 bridgehead atoms. The maximum atomic E-state index is 5.60. The lowest BCUT2D eigenvalue weighted by atomic mass is 10.2. The zero-order valence-electron chi connectivity index (χ0n) is 7.60. The highest BCUT2D eigenvalue weighted by Gasteiger charge is 2.02. The Morgan fingerprint density at radius 1 is 1.21 bits per heavy atom. The van der Waals surface area contributed by atoms with E-state index in [-0.39, 0.29) is 0 Å². The van der Waals surface area contributed by atoms with Crippen LogP contribution in [0.5, 0.6) is 0 Å². The van der Waals surface area contributed by atoms with Gasteiger partial charge in [0.25, 0.3) is 0 Å². The van der Waals surface area contributed by atoms with Gasteiger partial charge in [0, 0.05) is 23.2 Å². The summed E-state index contributed by atoms with van der Waals surface area (Å²) in [6, 6.07) is 7.68. The zero-order chi connectivity index (χ0) is 9.97. The second kappa shape index (κ2) is 3.77. The molecule has 2 rings (SSSR count). The van der Waals surface area contributed by atoms with Crippen LogP contribution in [0.15, 0.2) is 29.6 Å². The van der Waals surface area contributed by atoms with Gasteiger partial charge < -0.3 is 11.5 Å². The molecule has 1 aromatic heterocycles. The molecule has 0 saturated carbocycles. The van der Waals surface area contributed by atoms with Crippen LogP contribution in [0.1, 0.15) is 5.69 Å². The molecule has 0 aliphatic heterocycles. The Bertz CT molecular complexity index is 419. The Morgan fingerprint density at radius 3 is 2.50 bits per heavy atom. The van der Waals surface area contributed by atoms with Crippen LogP contribution in [0.25, 0.3) is 10.6 Å². The smallest absolute Gasteiger partial charge is 0.123 e. The average Bonchev–Trinajstić information content (AvgIpc) is 2.67. The number of thiazole rings is 1. The summed E-state index contributed by atoms with van der Waals surface area (Å²) in [5.74, 6) is 0. The number of nitrogens with zero attached hydrogens (tertiary/aromatic N) is 1. The molecule has 0 amide bonds. The van der Waals surface area contributed by atoms with Gasteiger partial charge in [-0.05, 0) is 24.3 Å². The van der Waals surface area contributed by atoms with Gasteiger partial charge in [-0.1, -0.05) is 0 Å². The zero-order valence-corrected chi connectivity index (χ0v) is 8.42. The minimum Gasteiger partial charge on any atom is -0.399 e. The number of hydrogen-bond acceptors (Lipinski definition) is 4. The van der Waals surface area contributed by atoms with Gasteiger partial charge in [0.05, 0.1) is 5.69 Å². The molecular formula is C10H11N3S. The third kappa shape index (κ3) is 1.76. The molecule has 1 aromatic carbocycles. The van der Waals surface area contributed by atoms with Crippen LogP contribution in [-0.4, -0.2) is 4.98 Å². The minimum absolute atomic E-state index is 0.492. The molecule has 72 valence electrons. The Labute approximate surface area is 86.4 Å². The van der Waals surface area contributed by atoms with E-state index in [1.165, 1.54) is 0 Å². The number of rotatable bonds is 2. The van der Waals surface area contributed by atoms with Crippen LogP contribution >= 0.6 is 11.3 Å². The van der Waals surface area contributed by atoms with E-state index in [0.29, 0.717) is 6.54 Å². The van der Waals surface area contributed by atoms with Crippen LogP contribution in [0.4, 0.5) is 5.69 Å². The van der Waals surface area contributed by atoms with Crippen molar-refractivity contribution in [3.63, 3.8) is 0 Å². The van der Waals surface area contributed by atoms with Gasteiger partial charge in [0.2, 0.25) is 0 Å². The van der Waals surface area contributed by atoms with Crippen molar-refractivity contribution < 1.29 is 0 Å². The topological polar surface area (TPSA) is 64.9 Å². The molecule has 3 nitrogen and oxygen atoms in total. The summed E-state index contributed by atoms with van der Waals surface area (Å²) in [6.45, 7) is 0.492. The number of hydrogen-bond donors (Lipinski definition) is 2. The molecule has 14 heavy (non-hydrogen) atoms. The first kappa shape index (κ1) is 9.18. The maximum Gasteiger partial charge on any atom is 0.123 e. The number of benzene rings is 1. The number of aromatic nitrogens is 1. The highest BCUT2D eigenvalue weighted by Crippen LogP contribution is 2.24. The minimum atomic E-state index is 0.492. The third-order valence-electron chi connectivity index (χ3n) is 1.92. The monoisotopic (exact) mass is 205 g/mol. The van der Waals surface area contributed by atoms with Gasteiger partial charge >= 0.3 is 0 Å². The number of anilines is 1. The summed E-state index contributed by atoms with van der Waals surface area (Å²) in [7, 11) is 0. The molecule has 1 heterocycles. The Hall–Kier alpha value is -1.39. The van der Waals surface area contributed by atoms with Crippen LogP contribution in [0, 0.1) is 0 Å². The molecular weight excluding hydrogens is 194 g/mol. The van der Waals surface area contributed by atoms with E-state index in [4.69, 9.17) is 11.5 Å². The second-order valence-electron chi connectivity index (χ2n) is 2.97. The average molecular weight is 205 g/mol. The highest BCUT2D eigenvalue weighted by molar-refractivity contribution is 7.13. The van der Waals surface area contributed by atoms with E-state index in [1.54, 1.807) is 11.3 Å². The van der Waals surface area contributed by atoms with Crippen LogP contribution < -0.4 is 11.5 Å². The highest BCUT2D eigenvalue weighted by atomic mass is 32.1. The van der Waals surface area contributed by atoms with Gasteiger partial charge in [-0.3, -0.25) is 0 Å². The first-order valence-corrected chi connectivity index (χ1v) is 5.18. The molecule has 4 heteroatoms. The predicted octanol–water partition coefficient (Wildman–Crippen LogP) is 1.85. The Kier molecular flexibility index (Phi) is 2.47. The van der Waals surface area contributed by atoms with Gasteiger partial charge in [-0.15, -0.1) is 11.3 Å². The van der Waals surface area contributed by atoms with Gasteiger partial charge in [0.15, 0.2) is 0 Å². The summed E-state index contributed by atoms with van der Waals surface area (Å²) < 4.78 is 0. The van der Waals surface area contributed by atoms with Crippen LogP contribution in [0.3, 0.4) is 0 Å². The number of nitrogens with two attached hydrogens (primary N) is 2. The molecule has 2 aromatic rings. The lowest BCUT2D eigenvalue weighted by Crippen LogP contribution is -1.95. The molecule has 0 aliphatic rings. The van der Waals surface area contributed by atoms with E-state index < -0.39 is 0 Å². The van der Waals surface area contributed by atoms with Crippen molar-refractivity contribution in [2.45, 2.75) is 6.54 Å². The van der Waals surface area contributed by atoms with Crippen molar-refractivity contribution in [1.82, 2.24) is 4.98 Å². The van der Waals surface area contributed by atoms with E-state index in [0.717, 1.165) is 22.0 Å². The van der Waals surface area contributed by atoms with Crippen molar-refractivity contribution in [3.05, 3.63) is 35.3 Å². The Morgan fingerprint density at radius 2 is 1.93 bits per heavy atom. The molecule has 0 atom stereocenters. The predicted molar refractivity (Wildman–Crippen MR) is 59.9 cm³/mol. The van der Waals surface area contributed by atoms with E-state index in [2.05, 4.69) is 4.98 Å². The van der Waals surface area contributed by atoms with Gasteiger partial charge in [-0.2, -0.15) is 0 Å². The quantitative estimate of drug-likeness (QED) is 0.735. The van der Waals surface area contributed by atoms with Crippen molar-refractivity contribution in [3.8, 4) is 10.6 Å². The molecule has 0 aliphatic carbocycles. The van der Waals surface area contributed by atoms with E-state index in [9.17, 15) is 0 Å². The molecule has 4 N–H and O–H groups in total. The Balaban J connectivity index is 2.34. The fourth-order valence-electron chi connectivity index (χ4n) is 1.16. The molecule has 0 spiro atoms. The lowest BCUT2D eigenvalue weighted by Gasteiger charge is -1.96. The summed E-state index contributed by atoms with van der Waals surface area (Å²) in [6.07, 6.45) is 0. The number of nitrogen functional groups attached to an aromatic ring is 1. The molecule has 0 fully saturated rings. The maximum absolute atomic E-state index is 5.60. The van der Waals surface area contributed by atoms with E-state index in [1.807, 2.05) is 29.6 Å². The molecule has 0 saturated heterocycles. The lowest BCUT2D eigenvalue weighted by molar-refractivity contribution is 1.01. The second-order valence-corrected chi connectivity index (χ2v) is 3.83. The van der Waals surface area contributed by atoms with Gasteiger partial charge in [-0.25, -0.2) is 4.98 Å². The van der Waals surface area contributed by atoms with Crippen LogP contribution in [-0.2, 0) is 6.54 Å². The van der Waals surface area contributed by atoms with Crippen molar-refractivity contribution in [2.75, 3.05) is 5.73 Å². The van der Waals surface area contributed by atoms with E-state index >= 15 is 0 Å². The third-order valence-corrected chi connectivity index (χ3v) is 2.86. The summed E-state index contributed by atoms with van der Waals surface area (Å²) in [5, 5.41) is 2.97. The van der Waals surface area contributed by atoms with Gasteiger partial charge in [0.1, 0.15) is 5.01 Å². The SMILES string of the molecule is NCc1csc(-c2ccc(N)cc2)n1. The fourth-order valence-corrected chi connectivity index (χ4v) is 2.00. The standard InChI is InChI=1S/C10H11N3S/c11-5-9-6-14-10(13-9)7-1-3-8(12)4-2-7/h1-4,6H,5,11-12H2. The molecule has 0 radical (unpaired) electrons. The van der Waals surface area contributed by atoms with Crippen molar-refractivity contribution >= 4 is 17.0 Å². The van der Waals surface area contributed by atoms with Crippen molar-refractivity contribution in [2.24, 2.45) is 5.73 Å². The largest absolute Gasteiger partial charge is 0.399 e. The fraction of sp³-hybridized carbons (Fsp3) is 0.100. The van der Waals surface area contributed by atoms with Crippen molar-refractivity contribution in [1.29, 1.82) is 0 Å². The normalized spacial score (nSPS) is 10.4. The first-order valence-electron chi connectivity index (χ1n) is 4.30. The summed E-state index contributed by atoms with van der Waals surface area (Å²) >= 11 is 1.60. The summed E-state index contributed by atoms with van der Waals surface area (Å²) in [4.78, 5) is 4.38. The summed E-state index contributed by atoms with van der Waals surface area (Å²) in [5.41, 5.74) is 13.9.